The monoisotopic (exact) mass is 677 g/mol. The molecule has 0 amide bonds. The molecule has 0 fully saturated rings. The highest BCUT2D eigenvalue weighted by atomic mass is 16.3. The summed E-state index contributed by atoms with van der Waals surface area (Å²) in [6.45, 7) is 0. The largest absolute Gasteiger partial charge is 0.455 e. The van der Waals surface area contributed by atoms with Gasteiger partial charge in [0, 0.05) is 32.8 Å². The smallest absolute Gasteiger partial charge is 0.164 e. The Morgan fingerprint density at radius 2 is 0.717 bits per heavy atom. The number of furan rings is 1. The van der Waals surface area contributed by atoms with Crippen LogP contribution >= 0.6 is 0 Å². The predicted octanol–water partition coefficient (Wildman–Crippen LogP) is 12.9. The van der Waals surface area contributed by atoms with Crippen LogP contribution in [-0.2, 0) is 0 Å². The second kappa shape index (κ2) is 12.9. The molecule has 248 valence electrons. The number of hydrogen-bond acceptors (Lipinski definition) is 4. The molecule has 53 heavy (non-hydrogen) atoms. The number of benzene rings is 8. The van der Waals surface area contributed by atoms with Gasteiger partial charge in [-0.3, -0.25) is 0 Å². The average molecular weight is 678 g/mol. The van der Waals surface area contributed by atoms with Gasteiger partial charge < -0.3 is 4.42 Å². The highest BCUT2D eigenvalue weighted by Gasteiger charge is 2.20. The Bertz CT molecular complexity index is 2800. The maximum Gasteiger partial charge on any atom is 0.164 e. The first-order valence-corrected chi connectivity index (χ1v) is 17.8. The van der Waals surface area contributed by atoms with Crippen LogP contribution in [0.5, 0.6) is 0 Å². The van der Waals surface area contributed by atoms with Gasteiger partial charge in [0.15, 0.2) is 17.5 Å². The molecule has 4 heteroatoms. The summed E-state index contributed by atoms with van der Waals surface area (Å²) in [6, 6.07) is 65.1. The molecule has 0 aliphatic heterocycles. The predicted molar refractivity (Wildman–Crippen MR) is 217 cm³/mol. The number of fused-ring (bicyclic) bond motifs is 5. The van der Waals surface area contributed by atoms with E-state index in [0.29, 0.717) is 17.5 Å². The quantitative estimate of drug-likeness (QED) is 0.176. The third kappa shape index (κ3) is 5.63. The van der Waals surface area contributed by atoms with Gasteiger partial charge >= 0.3 is 0 Å². The average Bonchev–Trinajstić information content (AvgIpc) is 3.63. The van der Waals surface area contributed by atoms with Crippen molar-refractivity contribution in [3.8, 4) is 67.5 Å². The van der Waals surface area contributed by atoms with Crippen LogP contribution in [0.3, 0.4) is 0 Å². The van der Waals surface area contributed by atoms with Crippen molar-refractivity contribution in [2.45, 2.75) is 0 Å². The van der Waals surface area contributed by atoms with Crippen molar-refractivity contribution in [3.05, 3.63) is 188 Å². The Hall–Kier alpha value is -7.17. The van der Waals surface area contributed by atoms with Crippen molar-refractivity contribution >= 4 is 32.7 Å². The fourth-order valence-corrected chi connectivity index (χ4v) is 7.23. The Morgan fingerprint density at radius 1 is 0.283 bits per heavy atom. The van der Waals surface area contributed by atoms with Crippen LogP contribution in [-0.4, -0.2) is 15.0 Å². The van der Waals surface area contributed by atoms with Crippen molar-refractivity contribution in [1.29, 1.82) is 0 Å². The van der Waals surface area contributed by atoms with E-state index in [0.717, 1.165) is 82.8 Å². The summed E-state index contributed by atoms with van der Waals surface area (Å²) in [5.41, 5.74) is 11.3. The maximum absolute atomic E-state index is 6.53. The minimum Gasteiger partial charge on any atom is -0.455 e. The van der Waals surface area contributed by atoms with Gasteiger partial charge in [-0.25, -0.2) is 15.0 Å². The lowest BCUT2D eigenvalue weighted by Crippen LogP contribution is -2.01. The lowest BCUT2D eigenvalue weighted by Gasteiger charge is -2.13. The van der Waals surface area contributed by atoms with Crippen LogP contribution in [0, 0.1) is 0 Å². The molecule has 0 atom stereocenters. The number of hydrogen-bond donors (Lipinski definition) is 0. The molecule has 0 unspecified atom stereocenters. The zero-order valence-corrected chi connectivity index (χ0v) is 28.6. The Balaban J connectivity index is 1.20. The van der Waals surface area contributed by atoms with E-state index in [2.05, 4.69) is 158 Å². The number of para-hydroxylation sites is 1. The topological polar surface area (TPSA) is 51.8 Å². The van der Waals surface area contributed by atoms with Crippen LogP contribution in [0.1, 0.15) is 0 Å². The summed E-state index contributed by atoms with van der Waals surface area (Å²) in [5.74, 6) is 1.83. The van der Waals surface area contributed by atoms with Gasteiger partial charge in [0.1, 0.15) is 11.2 Å². The summed E-state index contributed by atoms with van der Waals surface area (Å²) in [6.07, 6.45) is 0. The molecule has 8 aromatic carbocycles. The Kier molecular flexibility index (Phi) is 7.43. The van der Waals surface area contributed by atoms with Crippen molar-refractivity contribution in [3.63, 3.8) is 0 Å². The third-order valence-corrected chi connectivity index (χ3v) is 9.96. The van der Waals surface area contributed by atoms with Crippen LogP contribution in [0.4, 0.5) is 0 Å². The normalized spacial score (nSPS) is 11.4. The minimum absolute atomic E-state index is 0.603. The molecule has 0 bridgehead atoms. The first-order valence-electron chi connectivity index (χ1n) is 17.8. The second-order valence-corrected chi connectivity index (χ2v) is 13.2. The lowest BCUT2D eigenvalue weighted by atomic mass is 9.95. The zero-order valence-electron chi connectivity index (χ0n) is 28.6. The molecule has 0 aliphatic carbocycles. The van der Waals surface area contributed by atoms with E-state index >= 15 is 0 Å². The summed E-state index contributed by atoms with van der Waals surface area (Å²) in [5, 5.41) is 4.11. The van der Waals surface area contributed by atoms with Gasteiger partial charge in [-0.05, 0) is 63.0 Å². The summed E-state index contributed by atoms with van der Waals surface area (Å²) >= 11 is 0. The second-order valence-electron chi connectivity index (χ2n) is 13.2. The van der Waals surface area contributed by atoms with Crippen molar-refractivity contribution in [1.82, 2.24) is 15.0 Å². The van der Waals surface area contributed by atoms with Crippen LogP contribution in [0.25, 0.3) is 100 Å². The molecular weight excluding hydrogens is 647 g/mol. The first kappa shape index (κ1) is 30.6. The van der Waals surface area contributed by atoms with Gasteiger partial charge in [0.2, 0.25) is 0 Å². The molecule has 10 aromatic rings. The summed E-state index contributed by atoms with van der Waals surface area (Å²) in [4.78, 5) is 15.6. The fraction of sp³-hybridized carbons (Fsp3) is 0. The van der Waals surface area contributed by atoms with Crippen molar-refractivity contribution < 1.29 is 4.42 Å². The molecule has 0 aliphatic rings. The molecule has 4 nitrogen and oxygen atoms in total. The van der Waals surface area contributed by atoms with E-state index in [1.807, 2.05) is 30.3 Å². The number of rotatable bonds is 6. The van der Waals surface area contributed by atoms with E-state index in [-0.39, 0.29) is 0 Å². The van der Waals surface area contributed by atoms with Gasteiger partial charge in [0.25, 0.3) is 0 Å². The van der Waals surface area contributed by atoms with Gasteiger partial charge in [0.05, 0.1) is 0 Å². The van der Waals surface area contributed by atoms with Gasteiger partial charge in [-0.2, -0.15) is 0 Å². The molecule has 0 saturated carbocycles. The van der Waals surface area contributed by atoms with E-state index in [4.69, 9.17) is 19.4 Å². The SMILES string of the molecule is c1ccc(-c2ccc(-c3nc(-c4ccc(-c5ccccc5)cc4)nc(-c4cc5c6ccccc6oc5c5ccc(-c6ccccc6)cc45)n3)cc2)cc1. The lowest BCUT2D eigenvalue weighted by molar-refractivity contribution is 0.672. The third-order valence-electron chi connectivity index (χ3n) is 9.96. The van der Waals surface area contributed by atoms with Crippen molar-refractivity contribution in [2.24, 2.45) is 0 Å². The molecule has 0 N–H and O–H groups in total. The Morgan fingerprint density at radius 3 is 1.28 bits per heavy atom. The molecular formula is C49H31N3O. The van der Waals surface area contributed by atoms with Crippen LogP contribution in [0.15, 0.2) is 192 Å². The number of aromatic nitrogens is 3. The van der Waals surface area contributed by atoms with E-state index in [1.54, 1.807) is 0 Å². The summed E-state index contributed by atoms with van der Waals surface area (Å²) in [7, 11) is 0. The first-order chi connectivity index (χ1) is 26.2. The van der Waals surface area contributed by atoms with Crippen LogP contribution in [0.2, 0.25) is 0 Å². The van der Waals surface area contributed by atoms with Crippen molar-refractivity contribution in [2.75, 3.05) is 0 Å². The van der Waals surface area contributed by atoms with Crippen LogP contribution < -0.4 is 0 Å². The maximum atomic E-state index is 6.53. The Labute approximate surface area is 306 Å². The van der Waals surface area contributed by atoms with E-state index in [9.17, 15) is 0 Å². The van der Waals surface area contributed by atoms with E-state index in [1.165, 1.54) is 0 Å². The summed E-state index contributed by atoms with van der Waals surface area (Å²) < 4.78 is 6.53. The standard InChI is InChI=1S/C49H31N3O/c1-4-12-32(13-5-1)35-20-24-37(25-21-35)47-50-48(38-26-22-36(23-27-38)33-14-6-2-7-15-33)52-49(51-47)44-31-43-40-18-10-11-19-45(40)53-46(43)41-29-28-39(30-42(41)44)34-16-8-3-9-17-34/h1-31H. The zero-order chi connectivity index (χ0) is 35.1. The van der Waals surface area contributed by atoms with Gasteiger partial charge in [-0.15, -0.1) is 0 Å². The molecule has 2 aromatic heterocycles. The highest BCUT2D eigenvalue weighted by Crippen LogP contribution is 2.41. The molecule has 10 rings (SSSR count). The van der Waals surface area contributed by atoms with Gasteiger partial charge in [-0.1, -0.05) is 164 Å². The fourth-order valence-electron chi connectivity index (χ4n) is 7.23. The molecule has 0 radical (unpaired) electrons. The molecule has 0 spiro atoms. The van der Waals surface area contributed by atoms with E-state index < -0.39 is 0 Å². The molecule has 0 saturated heterocycles. The minimum atomic E-state index is 0.603. The molecule has 2 heterocycles. The number of nitrogens with zero attached hydrogens (tertiary/aromatic N) is 3. The highest BCUT2D eigenvalue weighted by molar-refractivity contribution is 6.19.